The molecule has 1 atom stereocenters. The van der Waals surface area contributed by atoms with Crippen LogP contribution in [0, 0.1) is 0 Å². The first kappa shape index (κ1) is 10.4. The van der Waals surface area contributed by atoms with Crippen LogP contribution < -0.4 is 15.0 Å². The third-order valence-corrected chi connectivity index (χ3v) is 3.33. The van der Waals surface area contributed by atoms with E-state index in [9.17, 15) is 0 Å². The Kier molecular flexibility index (Phi) is 2.24. The van der Waals surface area contributed by atoms with Crippen molar-refractivity contribution in [1.82, 2.24) is 5.32 Å². The number of hydrogen-bond donors (Lipinski definition) is 1. The normalized spacial score (nSPS) is 26.9. The lowest BCUT2D eigenvalue weighted by Gasteiger charge is -2.41. The second kappa shape index (κ2) is 3.65. The molecular weight excluding hydrogens is 214 g/mol. The Balaban J connectivity index is 1.97. The highest BCUT2D eigenvalue weighted by Gasteiger charge is 2.40. The Morgan fingerprint density at radius 3 is 3.00 bits per heavy atom. The monoisotopic (exact) mass is 231 g/mol. The van der Waals surface area contributed by atoms with Gasteiger partial charge in [0, 0.05) is 13.6 Å². The van der Waals surface area contributed by atoms with Crippen LogP contribution >= 0.6 is 0 Å². The van der Waals surface area contributed by atoms with Crippen LogP contribution in [-0.4, -0.2) is 38.1 Å². The van der Waals surface area contributed by atoms with Crippen LogP contribution in [0.1, 0.15) is 6.92 Å². The highest BCUT2D eigenvalue weighted by Crippen LogP contribution is 2.36. The van der Waals surface area contributed by atoms with E-state index in [4.69, 9.17) is 4.74 Å². The van der Waals surface area contributed by atoms with Crippen LogP contribution in [0.4, 0.5) is 5.69 Å². The highest BCUT2D eigenvalue weighted by molar-refractivity contribution is 5.93. The van der Waals surface area contributed by atoms with Gasteiger partial charge in [-0.25, -0.2) is 0 Å². The summed E-state index contributed by atoms with van der Waals surface area (Å²) in [4.78, 5) is 6.72. The average molecular weight is 231 g/mol. The summed E-state index contributed by atoms with van der Waals surface area (Å²) in [6.45, 7) is 4.67. The van der Waals surface area contributed by atoms with Gasteiger partial charge in [-0.3, -0.25) is 4.99 Å². The molecule has 90 valence electrons. The predicted octanol–water partition coefficient (Wildman–Crippen LogP) is 1.28. The fourth-order valence-corrected chi connectivity index (χ4v) is 2.55. The van der Waals surface area contributed by atoms with Gasteiger partial charge in [0.15, 0.2) is 5.60 Å². The van der Waals surface area contributed by atoms with Gasteiger partial charge < -0.3 is 15.0 Å². The zero-order chi connectivity index (χ0) is 11.9. The zero-order valence-corrected chi connectivity index (χ0v) is 10.2. The maximum absolute atomic E-state index is 6.14. The number of hydrogen-bond acceptors (Lipinski definition) is 4. The van der Waals surface area contributed by atoms with E-state index in [0.29, 0.717) is 0 Å². The number of nitrogens with one attached hydrogen (secondary N) is 1. The molecule has 1 unspecified atom stereocenters. The van der Waals surface area contributed by atoms with E-state index in [-0.39, 0.29) is 5.60 Å². The molecule has 0 radical (unpaired) electrons. The minimum absolute atomic E-state index is 0.362. The molecule has 2 heterocycles. The molecule has 0 bridgehead atoms. The molecule has 2 aliphatic rings. The van der Waals surface area contributed by atoms with Crippen molar-refractivity contribution in [3.63, 3.8) is 0 Å². The van der Waals surface area contributed by atoms with Gasteiger partial charge in [0.1, 0.15) is 11.6 Å². The summed E-state index contributed by atoms with van der Waals surface area (Å²) in [7, 11) is 2.09. The van der Waals surface area contributed by atoms with Crippen molar-refractivity contribution in [2.45, 2.75) is 12.5 Å². The molecule has 0 amide bonds. The van der Waals surface area contributed by atoms with Crippen LogP contribution in [0.5, 0.6) is 5.75 Å². The Morgan fingerprint density at radius 2 is 2.24 bits per heavy atom. The number of ether oxygens (including phenoxy) is 1. The van der Waals surface area contributed by atoms with Crippen molar-refractivity contribution in [2.24, 2.45) is 4.99 Å². The van der Waals surface area contributed by atoms with Gasteiger partial charge in [-0.15, -0.1) is 0 Å². The number of nitrogens with zero attached hydrogens (tertiary/aromatic N) is 2. The van der Waals surface area contributed by atoms with Gasteiger partial charge in [0.25, 0.3) is 0 Å². The second-order valence-electron chi connectivity index (χ2n) is 4.81. The van der Waals surface area contributed by atoms with Crippen LogP contribution in [0.3, 0.4) is 0 Å². The molecule has 2 aliphatic heterocycles. The second-order valence-corrected chi connectivity index (χ2v) is 4.81. The Labute approximate surface area is 101 Å². The lowest BCUT2D eigenvalue weighted by molar-refractivity contribution is 0.154. The van der Waals surface area contributed by atoms with E-state index in [1.165, 1.54) is 0 Å². The summed E-state index contributed by atoms with van der Waals surface area (Å²) in [6.07, 6.45) is 0. The fraction of sp³-hybridized carbons (Fsp3) is 0.462. The molecule has 1 aromatic carbocycles. The molecule has 0 saturated heterocycles. The lowest BCUT2D eigenvalue weighted by Crippen LogP contribution is -2.56. The van der Waals surface area contributed by atoms with Gasteiger partial charge >= 0.3 is 0 Å². The molecule has 0 aliphatic carbocycles. The Bertz CT molecular complexity index is 471. The van der Waals surface area contributed by atoms with Crippen LogP contribution in [0.25, 0.3) is 0 Å². The third kappa shape index (κ3) is 1.64. The first-order chi connectivity index (χ1) is 8.19. The maximum atomic E-state index is 6.14. The molecule has 1 N–H and O–H groups in total. The zero-order valence-electron chi connectivity index (χ0n) is 10.2. The first-order valence-corrected chi connectivity index (χ1v) is 5.97. The quantitative estimate of drug-likeness (QED) is 0.791. The van der Waals surface area contributed by atoms with Crippen molar-refractivity contribution in [2.75, 3.05) is 31.6 Å². The number of likely N-dealkylation sites (N-methyl/N-ethyl adjacent to an activating group) is 1. The summed E-state index contributed by atoms with van der Waals surface area (Å²) >= 11 is 0. The molecule has 0 saturated carbocycles. The molecule has 0 aromatic heterocycles. The van der Waals surface area contributed by atoms with Crippen molar-refractivity contribution in [3.05, 3.63) is 24.3 Å². The van der Waals surface area contributed by atoms with E-state index in [0.717, 1.165) is 36.9 Å². The Hall–Kier alpha value is -1.71. The summed E-state index contributed by atoms with van der Waals surface area (Å²) in [6, 6.07) is 8.13. The summed E-state index contributed by atoms with van der Waals surface area (Å²) in [5.74, 6) is 1.90. The minimum Gasteiger partial charge on any atom is -0.476 e. The predicted molar refractivity (Wildman–Crippen MR) is 69.0 cm³/mol. The molecule has 1 aromatic rings. The number of anilines is 1. The van der Waals surface area contributed by atoms with Crippen LogP contribution in [0.15, 0.2) is 29.3 Å². The van der Waals surface area contributed by atoms with E-state index >= 15 is 0 Å². The van der Waals surface area contributed by atoms with E-state index in [2.05, 4.69) is 35.2 Å². The smallest absolute Gasteiger partial charge is 0.180 e. The van der Waals surface area contributed by atoms with E-state index in [1.807, 2.05) is 18.2 Å². The number of para-hydroxylation sites is 2. The van der Waals surface area contributed by atoms with Crippen molar-refractivity contribution in [1.29, 1.82) is 0 Å². The number of aliphatic imine (C=N–C) groups is 1. The number of rotatable bonds is 1. The molecule has 3 rings (SSSR count). The third-order valence-electron chi connectivity index (χ3n) is 3.33. The number of amidine groups is 1. The van der Waals surface area contributed by atoms with E-state index in [1.54, 1.807) is 0 Å². The molecule has 17 heavy (non-hydrogen) atoms. The standard InChI is InChI=1S/C13H17N3O/c1-13(12-14-7-8-15-12)9-16(2)10-5-3-4-6-11(10)17-13/h3-6H,7-9H2,1-2H3,(H,14,15). The van der Waals surface area contributed by atoms with E-state index < -0.39 is 0 Å². The topological polar surface area (TPSA) is 36.9 Å². The van der Waals surface area contributed by atoms with Crippen molar-refractivity contribution >= 4 is 11.5 Å². The number of fused-ring (bicyclic) bond motifs is 1. The van der Waals surface area contributed by atoms with Crippen molar-refractivity contribution < 1.29 is 4.74 Å². The number of benzene rings is 1. The molecule has 0 fully saturated rings. The molecule has 4 heteroatoms. The minimum atomic E-state index is -0.362. The average Bonchev–Trinajstić information content (AvgIpc) is 2.83. The van der Waals surface area contributed by atoms with Gasteiger partial charge in [0.05, 0.1) is 18.8 Å². The maximum Gasteiger partial charge on any atom is 0.180 e. The SMILES string of the molecule is CN1CC(C)(C2=NCCN2)Oc2ccccc21. The van der Waals surface area contributed by atoms with Gasteiger partial charge in [-0.2, -0.15) is 0 Å². The fourth-order valence-electron chi connectivity index (χ4n) is 2.55. The molecular formula is C13H17N3O. The molecule has 4 nitrogen and oxygen atoms in total. The largest absolute Gasteiger partial charge is 0.476 e. The lowest BCUT2D eigenvalue weighted by atomic mass is 10.0. The summed E-state index contributed by atoms with van der Waals surface area (Å²) in [5.41, 5.74) is 0.781. The van der Waals surface area contributed by atoms with Gasteiger partial charge in [-0.05, 0) is 19.1 Å². The van der Waals surface area contributed by atoms with Gasteiger partial charge in [-0.1, -0.05) is 12.1 Å². The highest BCUT2D eigenvalue weighted by atomic mass is 16.5. The summed E-state index contributed by atoms with van der Waals surface area (Å²) in [5, 5.41) is 3.32. The summed E-state index contributed by atoms with van der Waals surface area (Å²) < 4.78 is 6.14. The van der Waals surface area contributed by atoms with Crippen LogP contribution in [0.2, 0.25) is 0 Å². The molecule has 0 spiro atoms. The van der Waals surface area contributed by atoms with Gasteiger partial charge in [0.2, 0.25) is 0 Å². The van der Waals surface area contributed by atoms with Crippen molar-refractivity contribution in [3.8, 4) is 5.75 Å². The Morgan fingerprint density at radius 1 is 1.41 bits per heavy atom. The first-order valence-electron chi connectivity index (χ1n) is 5.97. The van der Waals surface area contributed by atoms with Crippen LogP contribution in [-0.2, 0) is 0 Å².